The molecular formula is C22H22N6OS. The van der Waals surface area contributed by atoms with Crippen LogP contribution in [0.1, 0.15) is 17.1 Å². The molecule has 30 heavy (non-hydrogen) atoms. The van der Waals surface area contributed by atoms with Crippen LogP contribution in [0, 0.1) is 6.92 Å². The molecule has 0 fully saturated rings. The van der Waals surface area contributed by atoms with E-state index in [4.69, 9.17) is 0 Å². The zero-order chi connectivity index (χ0) is 21.1. The summed E-state index contributed by atoms with van der Waals surface area (Å²) < 4.78 is 0. The van der Waals surface area contributed by atoms with Crippen LogP contribution in [0.4, 0.5) is 5.13 Å². The van der Waals surface area contributed by atoms with E-state index in [0.717, 1.165) is 38.4 Å². The third kappa shape index (κ3) is 4.45. The SMILES string of the molecule is Cc1nc(NC(=O)CN(C)C)sc1-c1ccc2c(/C=C/c3ccccn3)n[nH]c2c1. The maximum Gasteiger partial charge on any atom is 0.240 e. The smallest absolute Gasteiger partial charge is 0.240 e. The molecule has 0 radical (unpaired) electrons. The largest absolute Gasteiger partial charge is 0.301 e. The molecule has 0 unspecified atom stereocenters. The summed E-state index contributed by atoms with van der Waals surface area (Å²) >= 11 is 1.47. The number of thiazole rings is 1. The maximum atomic E-state index is 12.0. The Balaban J connectivity index is 1.57. The molecule has 0 atom stereocenters. The average molecular weight is 419 g/mol. The lowest BCUT2D eigenvalue weighted by Gasteiger charge is -2.07. The first-order valence-corrected chi connectivity index (χ1v) is 10.3. The maximum absolute atomic E-state index is 12.0. The highest BCUT2D eigenvalue weighted by Gasteiger charge is 2.14. The molecule has 2 N–H and O–H groups in total. The molecule has 0 aliphatic carbocycles. The second-order valence-electron chi connectivity index (χ2n) is 7.18. The summed E-state index contributed by atoms with van der Waals surface area (Å²) in [5.41, 5.74) is 4.61. The number of benzene rings is 1. The van der Waals surface area contributed by atoms with Gasteiger partial charge in [-0.15, -0.1) is 0 Å². The summed E-state index contributed by atoms with van der Waals surface area (Å²) in [6.07, 6.45) is 5.67. The summed E-state index contributed by atoms with van der Waals surface area (Å²) in [7, 11) is 3.72. The standard InChI is InChI=1S/C22H22N6OS/c1-14-21(30-22(24-14)25-20(29)13-28(2)3)15-7-9-17-18(26-27-19(17)12-15)10-8-16-6-4-5-11-23-16/h4-12H,13H2,1-3H3,(H,26,27)(H,24,25,29)/b10-8+. The zero-order valence-electron chi connectivity index (χ0n) is 17.0. The normalized spacial score (nSPS) is 11.6. The number of nitrogens with zero attached hydrogens (tertiary/aromatic N) is 4. The summed E-state index contributed by atoms with van der Waals surface area (Å²) in [4.78, 5) is 23.7. The number of carbonyl (C=O) groups is 1. The third-order valence-electron chi connectivity index (χ3n) is 4.46. The van der Waals surface area contributed by atoms with E-state index in [-0.39, 0.29) is 5.91 Å². The Morgan fingerprint density at radius 1 is 1.23 bits per heavy atom. The van der Waals surface area contributed by atoms with Crippen LogP contribution in [0.5, 0.6) is 0 Å². The minimum Gasteiger partial charge on any atom is -0.301 e. The van der Waals surface area contributed by atoms with E-state index in [2.05, 4.69) is 43.7 Å². The second kappa shape index (κ2) is 8.56. The van der Waals surface area contributed by atoms with Gasteiger partial charge < -0.3 is 10.2 Å². The van der Waals surface area contributed by atoms with Crippen LogP contribution in [0.15, 0.2) is 42.6 Å². The van der Waals surface area contributed by atoms with Crippen molar-refractivity contribution in [3.05, 3.63) is 59.7 Å². The quantitative estimate of drug-likeness (QED) is 0.493. The van der Waals surface area contributed by atoms with Gasteiger partial charge in [0.2, 0.25) is 5.91 Å². The number of hydrogen-bond donors (Lipinski definition) is 2. The Labute approximate surface area is 178 Å². The summed E-state index contributed by atoms with van der Waals surface area (Å²) in [6, 6.07) is 12.0. The number of aromatic amines is 1. The summed E-state index contributed by atoms with van der Waals surface area (Å²) in [5.74, 6) is -0.0753. The van der Waals surface area contributed by atoms with Crippen LogP contribution in [-0.2, 0) is 4.79 Å². The number of fused-ring (bicyclic) bond motifs is 1. The first-order chi connectivity index (χ1) is 14.5. The number of aryl methyl sites for hydroxylation is 1. The molecule has 3 aromatic heterocycles. The fourth-order valence-corrected chi connectivity index (χ4v) is 4.09. The number of H-pyrrole nitrogens is 1. The number of rotatable bonds is 6. The Bertz CT molecular complexity index is 1210. The first kappa shape index (κ1) is 19.9. The lowest BCUT2D eigenvalue weighted by molar-refractivity contribution is -0.116. The van der Waals surface area contributed by atoms with E-state index < -0.39 is 0 Å². The molecule has 152 valence electrons. The van der Waals surface area contributed by atoms with Crippen LogP contribution in [0.3, 0.4) is 0 Å². The van der Waals surface area contributed by atoms with Gasteiger partial charge in [0, 0.05) is 11.6 Å². The number of likely N-dealkylation sites (N-methyl/N-ethyl adjacent to an activating group) is 1. The van der Waals surface area contributed by atoms with E-state index in [9.17, 15) is 4.79 Å². The highest BCUT2D eigenvalue weighted by molar-refractivity contribution is 7.19. The molecule has 1 aromatic carbocycles. The van der Waals surface area contributed by atoms with E-state index in [0.29, 0.717) is 11.7 Å². The Hall–Kier alpha value is -3.36. The van der Waals surface area contributed by atoms with Crippen molar-refractivity contribution in [2.45, 2.75) is 6.92 Å². The predicted octanol–water partition coefficient (Wildman–Crippen LogP) is 4.06. The van der Waals surface area contributed by atoms with Crippen LogP contribution in [0.25, 0.3) is 33.5 Å². The van der Waals surface area contributed by atoms with Gasteiger partial charge in [0.05, 0.1) is 34.0 Å². The van der Waals surface area contributed by atoms with Gasteiger partial charge in [-0.2, -0.15) is 5.10 Å². The molecule has 0 spiro atoms. The molecular weight excluding hydrogens is 396 g/mol. The first-order valence-electron chi connectivity index (χ1n) is 9.49. The van der Waals surface area contributed by atoms with Crippen molar-refractivity contribution in [3.8, 4) is 10.4 Å². The van der Waals surface area contributed by atoms with Crippen molar-refractivity contribution in [1.29, 1.82) is 0 Å². The van der Waals surface area contributed by atoms with Crippen molar-refractivity contribution in [2.75, 3.05) is 26.0 Å². The van der Waals surface area contributed by atoms with Crippen molar-refractivity contribution in [2.24, 2.45) is 0 Å². The van der Waals surface area contributed by atoms with Crippen LogP contribution < -0.4 is 5.32 Å². The number of aromatic nitrogens is 4. The number of pyridine rings is 1. The molecule has 0 bridgehead atoms. The number of amides is 1. The summed E-state index contributed by atoms with van der Waals surface area (Å²) in [6.45, 7) is 2.27. The second-order valence-corrected chi connectivity index (χ2v) is 8.18. The lowest BCUT2D eigenvalue weighted by atomic mass is 10.1. The van der Waals surface area contributed by atoms with E-state index in [1.54, 1.807) is 6.20 Å². The van der Waals surface area contributed by atoms with Crippen molar-refractivity contribution < 1.29 is 4.79 Å². The molecule has 1 amide bonds. The zero-order valence-corrected chi connectivity index (χ0v) is 17.8. The van der Waals surface area contributed by atoms with E-state index >= 15 is 0 Å². The van der Waals surface area contributed by atoms with Gasteiger partial charge in [0.15, 0.2) is 5.13 Å². The molecule has 3 heterocycles. The van der Waals surface area contributed by atoms with Crippen LogP contribution in [0.2, 0.25) is 0 Å². The highest BCUT2D eigenvalue weighted by atomic mass is 32.1. The van der Waals surface area contributed by atoms with Gasteiger partial charge in [-0.3, -0.25) is 14.9 Å². The number of carbonyl (C=O) groups excluding carboxylic acids is 1. The number of hydrogen-bond acceptors (Lipinski definition) is 6. The van der Waals surface area contributed by atoms with Gasteiger partial charge in [0.25, 0.3) is 0 Å². The fraction of sp³-hybridized carbons (Fsp3) is 0.182. The molecule has 0 saturated heterocycles. The van der Waals surface area contributed by atoms with E-state index in [1.165, 1.54) is 11.3 Å². The monoisotopic (exact) mass is 418 g/mol. The number of anilines is 1. The molecule has 8 heteroatoms. The van der Waals surface area contributed by atoms with Crippen molar-refractivity contribution in [1.82, 2.24) is 25.1 Å². The minimum absolute atomic E-state index is 0.0753. The fourth-order valence-electron chi connectivity index (χ4n) is 3.11. The molecule has 4 rings (SSSR count). The van der Waals surface area contributed by atoms with Crippen molar-refractivity contribution in [3.63, 3.8) is 0 Å². The Morgan fingerprint density at radius 3 is 2.87 bits per heavy atom. The van der Waals surface area contributed by atoms with Gasteiger partial charge in [-0.05, 0) is 63.0 Å². The molecule has 4 aromatic rings. The van der Waals surface area contributed by atoms with Crippen molar-refractivity contribution >= 4 is 45.4 Å². The van der Waals surface area contributed by atoms with Crippen LogP contribution in [-0.4, -0.2) is 51.6 Å². The molecule has 7 nitrogen and oxygen atoms in total. The predicted molar refractivity (Wildman–Crippen MR) is 122 cm³/mol. The van der Waals surface area contributed by atoms with E-state index in [1.807, 2.05) is 56.3 Å². The number of nitrogens with one attached hydrogen (secondary N) is 2. The van der Waals surface area contributed by atoms with Gasteiger partial charge in [-0.25, -0.2) is 4.98 Å². The highest BCUT2D eigenvalue weighted by Crippen LogP contribution is 2.34. The summed E-state index contributed by atoms with van der Waals surface area (Å²) in [5, 5.41) is 12.0. The van der Waals surface area contributed by atoms with Gasteiger partial charge in [0.1, 0.15) is 0 Å². The minimum atomic E-state index is -0.0753. The Kier molecular flexibility index (Phi) is 5.69. The molecule has 0 saturated carbocycles. The lowest BCUT2D eigenvalue weighted by Crippen LogP contribution is -2.26. The Morgan fingerprint density at radius 2 is 2.10 bits per heavy atom. The topological polar surface area (TPSA) is 86.8 Å². The van der Waals surface area contributed by atoms with Gasteiger partial charge >= 0.3 is 0 Å². The molecule has 0 aliphatic rings. The molecule has 0 aliphatic heterocycles. The van der Waals surface area contributed by atoms with Crippen LogP contribution >= 0.6 is 11.3 Å². The average Bonchev–Trinajstić information content (AvgIpc) is 3.29. The third-order valence-corrected chi connectivity index (χ3v) is 5.58. The van der Waals surface area contributed by atoms with Gasteiger partial charge in [-0.1, -0.05) is 23.5 Å².